The molecule has 1 fully saturated rings. The molecule has 1 amide bonds. The third kappa shape index (κ3) is 5.48. The average molecular weight is 429 g/mol. The Hall–Kier alpha value is -3.66. The van der Waals surface area contributed by atoms with Crippen LogP contribution < -0.4 is 15.0 Å². The molecule has 2 aromatic rings. The zero-order valence-corrected chi connectivity index (χ0v) is 17.2. The molecule has 0 aromatic heterocycles. The predicted molar refractivity (Wildman–Crippen MR) is 113 cm³/mol. The first kappa shape index (κ1) is 22.0. The molecule has 1 heterocycles. The number of nitrogens with zero attached hydrogens (tertiary/aromatic N) is 2. The van der Waals surface area contributed by atoms with Gasteiger partial charge in [0, 0.05) is 36.6 Å². The summed E-state index contributed by atoms with van der Waals surface area (Å²) in [5, 5.41) is 13.7. The van der Waals surface area contributed by atoms with Crippen molar-refractivity contribution >= 4 is 28.9 Å². The minimum Gasteiger partial charge on any atom is -0.496 e. The van der Waals surface area contributed by atoms with Crippen molar-refractivity contribution in [2.45, 2.75) is 13.0 Å². The van der Waals surface area contributed by atoms with Gasteiger partial charge in [-0.1, -0.05) is 0 Å². The fourth-order valence-corrected chi connectivity index (χ4v) is 3.07. The molecular formula is C21H23N3O7. The highest BCUT2D eigenvalue weighted by molar-refractivity contribution is 5.98. The molecule has 1 unspecified atom stereocenters. The third-order valence-corrected chi connectivity index (χ3v) is 4.78. The number of esters is 1. The number of benzene rings is 2. The first-order valence-corrected chi connectivity index (χ1v) is 9.66. The number of methoxy groups -OCH3 is 1. The van der Waals surface area contributed by atoms with E-state index in [2.05, 4.69) is 10.2 Å². The lowest BCUT2D eigenvalue weighted by molar-refractivity contribution is -0.384. The van der Waals surface area contributed by atoms with Crippen molar-refractivity contribution in [3.63, 3.8) is 0 Å². The van der Waals surface area contributed by atoms with Gasteiger partial charge in [-0.2, -0.15) is 0 Å². The van der Waals surface area contributed by atoms with E-state index in [1.807, 2.05) is 12.1 Å². The summed E-state index contributed by atoms with van der Waals surface area (Å²) in [6.45, 7) is 4.38. The highest BCUT2D eigenvalue weighted by atomic mass is 16.6. The molecule has 2 aromatic carbocycles. The summed E-state index contributed by atoms with van der Waals surface area (Å²) in [4.78, 5) is 37.4. The van der Waals surface area contributed by atoms with Gasteiger partial charge in [-0.05, 0) is 37.3 Å². The smallest absolute Gasteiger partial charge is 0.342 e. The van der Waals surface area contributed by atoms with Crippen molar-refractivity contribution in [2.24, 2.45) is 0 Å². The van der Waals surface area contributed by atoms with Crippen molar-refractivity contribution in [3.8, 4) is 5.75 Å². The van der Waals surface area contributed by atoms with Gasteiger partial charge in [0.15, 0.2) is 6.10 Å². The molecule has 0 radical (unpaired) electrons. The Bertz CT molecular complexity index is 956. The number of carbonyl (C=O) groups excluding carboxylic acids is 2. The number of ether oxygens (including phenoxy) is 3. The number of morpholine rings is 1. The van der Waals surface area contributed by atoms with E-state index in [-0.39, 0.29) is 17.0 Å². The Morgan fingerprint density at radius 2 is 1.84 bits per heavy atom. The number of amides is 1. The van der Waals surface area contributed by atoms with E-state index in [0.29, 0.717) is 18.9 Å². The van der Waals surface area contributed by atoms with Crippen LogP contribution in [0.3, 0.4) is 0 Å². The van der Waals surface area contributed by atoms with Crippen molar-refractivity contribution in [2.75, 3.05) is 43.6 Å². The van der Waals surface area contributed by atoms with Crippen LogP contribution in [0.25, 0.3) is 0 Å². The molecule has 31 heavy (non-hydrogen) atoms. The maximum absolute atomic E-state index is 12.5. The van der Waals surface area contributed by atoms with E-state index >= 15 is 0 Å². The van der Waals surface area contributed by atoms with Crippen LogP contribution in [0, 0.1) is 10.1 Å². The summed E-state index contributed by atoms with van der Waals surface area (Å²) in [5.41, 5.74) is 1.16. The van der Waals surface area contributed by atoms with Gasteiger partial charge >= 0.3 is 5.97 Å². The van der Waals surface area contributed by atoms with Gasteiger partial charge in [0.25, 0.3) is 11.6 Å². The van der Waals surface area contributed by atoms with Crippen molar-refractivity contribution in [3.05, 3.63) is 58.1 Å². The first-order valence-electron chi connectivity index (χ1n) is 9.66. The number of nitro benzene ring substituents is 1. The van der Waals surface area contributed by atoms with Gasteiger partial charge in [0.05, 0.1) is 25.2 Å². The summed E-state index contributed by atoms with van der Waals surface area (Å²) in [5.74, 6) is -1.32. The Morgan fingerprint density at radius 3 is 2.45 bits per heavy atom. The van der Waals surface area contributed by atoms with Crippen LogP contribution in [-0.4, -0.2) is 56.3 Å². The zero-order valence-electron chi connectivity index (χ0n) is 17.2. The molecule has 1 saturated heterocycles. The normalized spacial score (nSPS) is 14.5. The van der Waals surface area contributed by atoms with Gasteiger partial charge in [-0.15, -0.1) is 0 Å². The minimum absolute atomic E-state index is 0.113. The second-order valence-electron chi connectivity index (χ2n) is 6.82. The third-order valence-electron chi connectivity index (χ3n) is 4.78. The first-order chi connectivity index (χ1) is 14.9. The van der Waals surface area contributed by atoms with E-state index in [1.165, 1.54) is 26.2 Å². The molecule has 10 heteroatoms. The molecule has 164 valence electrons. The number of nitrogens with one attached hydrogen (secondary N) is 1. The second-order valence-corrected chi connectivity index (χ2v) is 6.82. The highest BCUT2D eigenvalue weighted by Crippen LogP contribution is 2.25. The lowest BCUT2D eigenvalue weighted by atomic mass is 10.1. The van der Waals surface area contributed by atoms with Crippen LogP contribution in [0.15, 0.2) is 42.5 Å². The summed E-state index contributed by atoms with van der Waals surface area (Å²) in [6.07, 6.45) is -1.13. The Morgan fingerprint density at radius 1 is 1.16 bits per heavy atom. The Labute approximate surface area is 178 Å². The fourth-order valence-electron chi connectivity index (χ4n) is 3.07. The summed E-state index contributed by atoms with van der Waals surface area (Å²) in [7, 11) is 1.33. The number of anilines is 2. The summed E-state index contributed by atoms with van der Waals surface area (Å²) >= 11 is 0. The molecule has 0 aliphatic carbocycles. The van der Waals surface area contributed by atoms with Gasteiger partial charge in [0.2, 0.25) is 0 Å². The van der Waals surface area contributed by atoms with Crippen LogP contribution in [0.4, 0.5) is 17.1 Å². The van der Waals surface area contributed by atoms with E-state index in [1.54, 1.807) is 12.1 Å². The average Bonchev–Trinajstić information content (AvgIpc) is 2.79. The number of non-ortho nitro benzene ring substituents is 1. The topological polar surface area (TPSA) is 120 Å². The maximum Gasteiger partial charge on any atom is 0.342 e. The van der Waals surface area contributed by atoms with Gasteiger partial charge in [-0.3, -0.25) is 14.9 Å². The number of hydrogen-bond donors (Lipinski definition) is 1. The quantitative estimate of drug-likeness (QED) is 0.405. The molecular weight excluding hydrogens is 406 g/mol. The van der Waals surface area contributed by atoms with Crippen molar-refractivity contribution in [1.82, 2.24) is 0 Å². The number of hydrogen-bond acceptors (Lipinski definition) is 8. The van der Waals surface area contributed by atoms with Crippen LogP contribution in [-0.2, 0) is 14.3 Å². The molecule has 0 saturated carbocycles. The SMILES string of the molecule is COc1ccc([N+](=O)[O-])cc1C(=O)OC(C)C(=O)Nc1ccc(N2CCOCC2)cc1. The molecule has 1 aliphatic heterocycles. The Balaban J connectivity index is 1.62. The van der Waals surface area contributed by atoms with Gasteiger partial charge in [-0.25, -0.2) is 4.79 Å². The number of nitro groups is 1. The summed E-state index contributed by atoms with van der Waals surface area (Å²) < 4.78 is 15.6. The van der Waals surface area contributed by atoms with E-state index < -0.39 is 22.9 Å². The standard InChI is InChI=1S/C21H23N3O7/c1-14(31-21(26)18-13-17(24(27)28)7-8-19(18)29-2)20(25)22-15-3-5-16(6-4-15)23-9-11-30-12-10-23/h3-8,13-14H,9-12H2,1-2H3,(H,22,25). The van der Waals surface area contributed by atoms with Gasteiger partial charge in [0.1, 0.15) is 11.3 Å². The fraction of sp³-hybridized carbons (Fsp3) is 0.333. The van der Waals surface area contributed by atoms with Crippen LogP contribution >= 0.6 is 0 Å². The number of rotatable bonds is 7. The molecule has 0 bridgehead atoms. The Kier molecular flexibility index (Phi) is 7.03. The van der Waals surface area contributed by atoms with E-state index in [0.717, 1.165) is 24.8 Å². The maximum atomic E-state index is 12.5. The van der Waals surface area contributed by atoms with E-state index in [9.17, 15) is 19.7 Å². The van der Waals surface area contributed by atoms with E-state index in [4.69, 9.17) is 14.2 Å². The predicted octanol–water partition coefficient (Wildman–Crippen LogP) is 2.62. The zero-order chi connectivity index (χ0) is 22.4. The summed E-state index contributed by atoms with van der Waals surface area (Å²) in [6, 6.07) is 10.9. The molecule has 0 spiro atoms. The molecule has 1 atom stereocenters. The minimum atomic E-state index is -1.13. The number of carbonyl (C=O) groups is 2. The van der Waals surface area contributed by atoms with Gasteiger partial charge < -0.3 is 24.4 Å². The van der Waals surface area contributed by atoms with Crippen molar-refractivity contribution in [1.29, 1.82) is 0 Å². The van der Waals surface area contributed by atoms with Crippen LogP contribution in [0.2, 0.25) is 0 Å². The van der Waals surface area contributed by atoms with Crippen LogP contribution in [0.5, 0.6) is 5.75 Å². The lowest BCUT2D eigenvalue weighted by Crippen LogP contribution is -2.36. The van der Waals surface area contributed by atoms with Crippen LogP contribution in [0.1, 0.15) is 17.3 Å². The molecule has 1 aliphatic rings. The largest absolute Gasteiger partial charge is 0.496 e. The monoisotopic (exact) mass is 429 g/mol. The molecule has 1 N–H and O–H groups in total. The highest BCUT2D eigenvalue weighted by Gasteiger charge is 2.24. The molecule has 10 nitrogen and oxygen atoms in total. The molecule has 3 rings (SSSR count). The van der Waals surface area contributed by atoms with Crippen molar-refractivity contribution < 1.29 is 28.7 Å². The lowest BCUT2D eigenvalue weighted by Gasteiger charge is -2.28. The second kappa shape index (κ2) is 9.90.